The average Bonchev–Trinajstić information content (AvgIpc) is 3.02. The van der Waals surface area contributed by atoms with Crippen LogP contribution < -0.4 is 10.2 Å². The zero-order valence-electron chi connectivity index (χ0n) is 13.6. The molecule has 1 atom stereocenters. The maximum Gasteiger partial charge on any atom is 0.126 e. The van der Waals surface area contributed by atoms with Gasteiger partial charge in [0, 0.05) is 42.2 Å². The van der Waals surface area contributed by atoms with Crippen LogP contribution in [-0.4, -0.2) is 33.9 Å². The molecule has 24 heavy (non-hydrogen) atoms. The second kappa shape index (κ2) is 6.43. The number of piperidine rings is 1. The van der Waals surface area contributed by atoms with E-state index in [1.165, 1.54) is 12.1 Å². The number of pyridine rings is 1. The van der Waals surface area contributed by atoms with Gasteiger partial charge >= 0.3 is 0 Å². The van der Waals surface area contributed by atoms with Gasteiger partial charge in [-0.1, -0.05) is 15.9 Å². The molecule has 1 aliphatic rings. The molecule has 4 rings (SSSR count). The molecule has 1 fully saturated rings. The van der Waals surface area contributed by atoms with Gasteiger partial charge in [0.05, 0.1) is 17.4 Å². The van der Waals surface area contributed by atoms with Gasteiger partial charge in [0.15, 0.2) is 0 Å². The predicted molar refractivity (Wildman–Crippen MR) is 102 cm³/mol. The number of hydrogen-bond acceptors (Lipinski definition) is 4. The Hall–Kier alpha value is -2.08. The number of nitrogens with one attached hydrogen (secondary N) is 1. The summed E-state index contributed by atoms with van der Waals surface area (Å²) in [6.07, 6.45) is 6.35. The zero-order chi connectivity index (χ0) is 16.5. The number of halogens is 1. The lowest BCUT2D eigenvalue weighted by atomic mass is 10.1. The van der Waals surface area contributed by atoms with Gasteiger partial charge in [-0.15, -0.1) is 0 Å². The maximum absolute atomic E-state index is 4.75. The Morgan fingerprint density at radius 2 is 2.17 bits per heavy atom. The molecule has 0 spiro atoms. The molecular formula is C18H20BrN5. The van der Waals surface area contributed by atoms with E-state index in [4.69, 9.17) is 4.98 Å². The monoisotopic (exact) mass is 385 g/mol. The van der Waals surface area contributed by atoms with Crippen LogP contribution in [0, 0.1) is 0 Å². The smallest absolute Gasteiger partial charge is 0.126 e. The van der Waals surface area contributed by atoms with E-state index in [0.717, 1.165) is 40.7 Å². The van der Waals surface area contributed by atoms with E-state index in [1.54, 1.807) is 0 Å². The van der Waals surface area contributed by atoms with Crippen LogP contribution in [0.2, 0.25) is 0 Å². The van der Waals surface area contributed by atoms with E-state index < -0.39 is 0 Å². The molecule has 6 heteroatoms. The molecule has 0 aliphatic carbocycles. The van der Waals surface area contributed by atoms with Gasteiger partial charge in [-0.2, -0.15) is 5.10 Å². The van der Waals surface area contributed by atoms with Gasteiger partial charge in [0.1, 0.15) is 5.82 Å². The maximum atomic E-state index is 4.75. The first-order valence-electron chi connectivity index (χ1n) is 8.24. The Labute approximate surface area is 149 Å². The number of hydrogen-bond donors (Lipinski definition) is 1. The molecule has 5 nitrogen and oxygen atoms in total. The van der Waals surface area contributed by atoms with Crippen molar-refractivity contribution >= 4 is 38.3 Å². The Bertz CT molecular complexity index is 859. The third kappa shape index (κ3) is 3.24. The summed E-state index contributed by atoms with van der Waals surface area (Å²) in [5.41, 5.74) is 2.21. The fourth-order valence-corrected chi connectivity index (χ4v) is 3.67. The minimum absolute atomic E-state index is 0.402. The summed E-state index contributed by atoms with van der Waals surface area (Å²) in [4.78, 5) is 7.14. The van der Waals surface area contributed by atoms with Crippen LogP contribution in [0.5, 0.6) is 0 Å². The van der Waals surface area contributed by atoms with Gasteiger partial charge in [-0.25, -0.2) is 4.98 Å². The molecule has 0 bridgehead atoms. The number of aryl methyl sites for hydroxylation is 1. The summed E-state index contributed by atoms with van der Waals surface area (Å²) in [6, 6.07) is 10.8. The van der Waals surface area contributed by atoms with Crippen LogP contribution in [0.3, 0.4) is 0 Å². The average molecular weight is 386 g/mol. The topological polar surface area (TPSA) is 46.0 Å². The van der Waals surface area contributed by atoms with Crippen LogP contribution >= 0.6 is 15.9 Å². The number of rotatable bonds is 3. The van der Waals surface area contributed by atoms with Crippen molar-refractivity contribution in [1.29, 1.82) is 0 Å². The fraction of sp³-hybridized carbons (Fsp3) is 0.333. The van der Waals surface area contributed by atoms with Gasteiger partial charge in [-0.3, -0.25) is 4.68 Å². The van der Waals surface area contributed by atoms with Crippen molar-refractivity contribution < 1.29 is 0 Å². The van der Waals surface area contributed by atoms with E-state index in [-0.39, 0.29) is 0 Å². The number of fused-ring (bicyclic) bond motifs is 1. The van der Waals surface area contributed by atoms with Crippen molar-refractivity contribution in [2.75, 3.05) is 23.3 Å². The van der Waals surface area contributed by atoms with Crippen molar-refractivity contribution in [3.8, 4) is 0 Å². The lowest BCUT2D eigenvalue weighted by Gasteiger charge is -2.34. The predicted octanol–water partition coefficient (Wildman–Crippen LogP) is 3.81. The zero-order valence-corrected chi connectivity index (χ0v) is 15.2. The summed E-state index contributed by atoms with van der Waals surface area (Å²) >= 11 is 3.51. The lowest BCUT2D eigenvalue weighted by molar-refractivity contribution is 0.529. The van der Waals surface area contributed by atoms with Crippen molar-refractivity contribution in [1.82, 2.24) is 14.8 Å². The molecule has 1 aliphatic heterocycles. The number of nitrogens with zero attached hydrogens (tertiary/aromatic N) is 4. The molecule has 1 unspecified atom stereocenters. The number of anilines is 2. The second-order valence-corrected chi connectivity index (χ2v) is 7.25. The van der Waals surface area contributed by atoms with Crippen molar-refractivity contribution in [3.63, 3.8) is 0 Å². The van der Waals surface area contributed by atoms with Gasteiger partial charge in [0.25, 0.3) is 0 Å². The summed E-state index contributed by atoms with van der Waals surface area (Å²) in [6.45, 7) is 2.06. The third-order valence-electron chi connectivity index (χ3n) is 4.48. The van der Waals surface area contributed by atoms with E-state index in [1.807, 2.05) is 30.1 Å². The van der Waals surface area contributed by atoms with E-state index >= 15 is 0 Å². The molecule has 1 N–H and O–H groups in total. The quantitative estimate of drug-likeness (QED) is 0.744. The molecule has 2 aromatic heterocycles. The van der Waals surface area contributed by atoms with Crippen molar-refractivity contribution in [2.24, 2.45) is 7.05 Å². The third-order valence-corrected chi connectivity index (χ3v) is 4.97. The first-order chi connectivity index (χ1) is 11.7. The van der Waals surface area contributed by atoms with Gasteiger partial charge in [0.2, 0.25) is 0 Å². The van der Waals surface area contributed by atoms with Crippen LogP contribution in [0.15, 0.2) is 47.2 Å². The highest BCUT2D eigenvalue weighted by molar-refractivity contribution is 9.10. The van der Waals surface area contributed by atoms with E-state index in [2.05, 4.69) is 55.6 Å². The Morgan fingerprint density at radius 3 is 3.00 bits per heavy atom. The summed E-state index contributed by atoms with van der Waals surface area (Å²) in [5.74, 6) is 0.947. The van der Waals surface area contributed by atoms with Crippen LogP contribution in [0.1, 0.15) is 12.8 Å². The molecule has 0 amide bonds. The normalized spacial score (nSPS) is 18.1. The van der Waals surface area contributed by atoms with Crippen LogP contribution in [0.4, 0.5) is 11.5 Å². The molecule has 3 heterocycles. The van der Waals surface area contributed by atoms with Crippen molar-refractivity contribution in [3.05, 3.63) is 47.2 Å². The largest absolute Gasteiger partial charge is 0.367 e. The number of benzene rings is 1. The SMILES string of the molecule is Cn1cc(N2CCCC(Nc3ccc4cc(Br)ccc4n3)C2)cn1. The fourth-order valence-electron chi connectivity index (χ4n) is 3.29. The van der Waals surface area contributed by atoms with Crippen molar-refractivity contribution in [2.45, 2.75) is 18.9 Å². The molecule has 0 radical (unpaired) electrons. The second-order valence-electron chi connectivity index (χ2n) is 6.34. The van der Waals surface area contributed by atoms with Crippen LogP contribution in [-0.2, 0) is 7.05 Å². The Balaban J connectivity index is 1.49. The molecule has 0 saturated carbocycles. The first-order valence-corrected chi connectivity index (χ1v) is 9.03. The van der Waals surface area contributed by atoms with Gasteiger partial charge < -0.3 is 10.2 Å². The molecular weight excluding hydrogens is 366 g/mol. The van der Waals surface area contributed by atoms with Gasteiger partial charge in [-0.05, 0) is 43.2 Å². The molecule has 3 aromatic rings. The number of aromatic nitrogens is 3. The summed E-state index contributed by atoms with van der Waals surface area (Å²) in [5, 5.41) is 9.03. The summed E-state index contributed by atoms with van der Waals surface area (Å²) in [7, 11) is 1.96. The minimum atomic E-state index is 0.402. The van der Waals surface area contributed by atoms with Crippen LogP contribution in [0.25, 0.3) is 10.9 Å². The molecule has 1 saturated heterocycles. The molecule has 124 valence electrons. The highest BCUT2D eigenvalue weighted by Crippen LogP contribution is 2.23. The highest BCUT2D eigenvalue weighted by atomic mass is 79.9. The van der Waals surface area contributed by atoms with E-state index in [9.17, 15) is 0 Å². The minimum Gasteiger partial charge on any atom is -0.367 e. The van der Waals surface area contributed by atoms with E-state index in [0.29, 0.717) is 6.04 Å². The highest BCUT2D eigenvalue weighted by Gasteiger charge is 2.21. The summed E-state index contributed by atoms with van der Waals surface area (Å²) < 4.78 is 2.94. The molecule has 1 aromatic carbocycles. The lowest BCUT2D eigenvalue weighted by Crippen LogP contribution is -2.42. The Morgan fingerprint density at radius 1 is 1.25 bits per heavy atom. The standard InChI is InChI=1S/C18H20BrN5/c1-23-12-16(10-20-23)24-8-2-3-15(11-24)21-18-7-4-13-9-14(19)5-6-17(13)22-18/h4-7,9-10,12,15H,2-3,8,11H2,1H3,(H,21,22). The first kappa shape index (κ1) is 15.4. The Kier molecular flexibility index (Phi) is 4.14.